The minimum atomic E-state index is 0.897. The molecule has 0 aliphatic carbocycles. The molecule has 2 rings (SSSR count). The molecule has 2 heterocycles. The van der Waals surface area contributed by atoms with Crippen LogP contribution in [0, 0.1) is 0 Å². The Bertz CT molecular complexity index is 266. The molecule has 1 aliphatic rings. The number of aliphatic imine (C=N–C) groups is 1. The third-order valence-electron chi connectivity index (χ3n) is 1.62. The zero-order valence-corrected chi connectivity index (χ0v) is 5.62. The lowest BCUT2D eigenvalue weighted by Gasteiger charge is -2.05. The fraction of sp³-hybridized carbons (Fsp3) is 0.250. The lowest BCUT2D eigenvalue weighted by Crippen LogP contribution is -1.94. The van der Waals surface area contributed by atoms with Gasteiger partial charge in [-0.05, 0) is 24.5 Å². The molecule has 0 radical (unpaired) electrons. The summed E-state index contributed by atoms with van der Waals surface area (Å²) in [4.78, 5) is 8.28. The molecule has 2 nitrogen and oxygen atoms in total. The average molecular weight is 132 g/mol. The van der Waals surface area contributed by atoms with Crippen molar-refractivity contribution < 1.29 is 0 Å². The molecule has 1 aromatic heterocycles. The number of pyridine rings is 1. The summed E-state index contributed by atoms with van der Waals surface area (Å²) in [6.45, 7) is 0. The van der Waals surface area contributed by atoms with Gasteiger partial charge in [-0.15, -0.1) is 0 Å². The number of nitrogens with zero attached hydrogens (tertiary/aromatic N) is 2. The standard InChI is InChI=1S/C8H8N2/c1-3-7-4-2-6-10-8(7)9-5-1/h1,3,5-6H,2,4H2. The van der Waals surface area contributed by atoms with E-state index in [2.05, 4.69) is 16.0 Å². The Morgan fingerprint density at radius 1 is 1.40 bits per heavy atom. The summed E-state index contributed by atoms with van der Waals surface area (Å²) in [7, 11) is 0. The summed E-state index contributed by atoms with van der Waals surface area (Å²) in [5.41, 5.74) is 1.27. The highest BCUT2D eigenvalue weighted by atomic mass is 14.9. The predicted molar refractivity (Wildman–Crippen MR) is 40.7 cm³/mol. The predicted octanol–water partition coefficient (Wildman–Crippen LogP) is 1.73. The molecule has 1 aliphatic heterocycles. The Balaban J connectivity index is 2.54. The Hall–Kier alpha value is -1.18. The van der Waals surface area contributed by atoms with Gasteiger partial charge in [-0.2, -0.15) is 0 Å². The van der Waals surface area contributed by atoms with Crippen LogP contribution in [0.2, 0.25) is 0 Å². The van der Waals surface area contributed by atoms with Gasteiger partial charge < -0.3 is 0 Å². The van der Waals surface area contributed by atoms with Gasteiger partial charge in [0.25, 0.3) is 0 Å². The summed E-state index contributed by atoms with van der Waals surface area (Å²) in [5.74, 6) is 0.897. The quantitative estimate of drug-likeness (QED) is 0.527. The molecule has 0 atom stereocenters. The van der Waals surface area contributed by atoms with Crippen LogP contribution in [0.25, 0.3) is 0 Å². The van der Waals surface area contributed by atoms with Gasteiger partial charge in [0.15, 0.2) is 5.82 Å². The lowest BCUT2D eigenvalue weighted by molar-refractivity contribution is 1.00. The number of aryl methyl sites for hydroxylation is 1. The molecule has 0 spiro atoms. The highest BCUT2D eigenvalue weighted by molar-refractivity contribution is 5.66. The molecule has 2 heteroatoms. The number of rotatable bonds is 0. The Labute approximate surface area is 59.6 Å². The van der Waals surface area contributed by atoms with Crippen LogP contribution in [0.1, 0.15) is 12.0 Å². The number of hydrogen-bond donors (Lipinski definition) is 0. The van der Waals surface area contributed by atoms with Gasteiger partial charge in [-0.25, -0.2) is 9.98 Å². The molecule has 0 saturated heterocycles. The first-order chi connectivity index (χ1) is 4.97. The molecule has 0 saturated carbocycles. The van der Waals surface area contributed by atoms with Gasteiger partial charge in [0.2, 0.25) is 0 Å². The molecular weight excluding hydrogens is 124 g/mol. The molecule has 0 unspecified atom stereocenters. The second-order valence-corrected chi connectivity index (χ2v) is 2.34. The van der Waals surface area contributed by atoms with Crippen molar-refractivity contribution in [3.8, 4) is 0 Å². The maximum Gasteiger partial charge on any atom is 0.154 e. The van der Waals surface area contributed by atoms with Crippen LogP contribution >= 0.6 is 0 Å². The van der Waals surface area contributed by atoms with Crippen molar-refractivity contribution >= 4 is 12.0 Å². The second kappa shape index (κ2) is 2.21. The Kier molecular flexibility index (Phi) is 1.24. The van der Waals surface area contributed by atoms with Gasteiger partial charge in [0.1, 0.15) is 0 Å². The number of aromatic nitrogens is 1. The second-order valence-electron chi connectivity index (χ2n) is 2.34. The van der Waals surface area contributed by atoms with Crippen molar-refractivity contribution in [2.75, 3.05) is 0 Å². The first-order valence-electron chi connectivity index (χ1n) is 3.43. The van der Waals surface area contributed by atoms with E-state index >= 15 is 0 Å². The molecule has 1 aromatic rings. The molecule has 10 heavy (non-hydrogen) atoms. The van der Waals surface area contributed by atoms with E-state index < -0.39 is 0 Å². The normalized spacial score (nSPS) is 14.8. The third kappa shape index (κ3) is 0.817. The van der Waals surface area contributed by atoms with Gasteiger partial charge in [0, 0.05) is 12.4 Å². The molecule has 0 N–H and O–H groups in total. The summed E-state index contributed by atoms with van der Waals surface area (Å²) in [5, 5.41) is 0. The van der Waals surface area contributed by atoms with Crippen molar-refractivity contribution in [3.63, 3.8) is 0 Å². The maximum absolute atomic E-state index is 4.16. The number of fused-ring (bicyclic) bond motifs is 1. The van der Waals surface area contributed by atoms with Crippen LogP contribution < -0.4 is 0 Å². The van der Waals surface area contributed by atoms with Crippen LogP contribution in [0.5, 0.6) is 0 Å². The average Bonchev–Trinajstić information content (AvgIpc) is 2.05. The topological polar surface area (TPSA) is 25.2 Å². The number of hydrogen-bond acceptors (Lipinski definition) is 2. The van der Waals surface area contributed by atoms with Crippen LogP contribution in [0.15, 0.2) is 23.3 Å². The molecule has 0 fully saturated rings. The fourth-order valence-corrected chi connectivity index (χ4v) is 1.11. The minimum absolute atomic E-state index is 0.897. The van der Waals surface area contributed by atoms with Crippen molar-refractivity contribution in [2.24, 2.45) is 4.99 Å². The van der Waals surface area contributed by atoms with Crippen LogP contribution in [-0.2, 0) is 6.42 Å². The summed E-state index contributed by atoms with van der Waals surface area (Å²) < 4.78 is 0. The molecule has 50 valence electrons. The first kappa shape index (κ1) is 5.59. The highest BCUT2D eigenvalue weighted by Gasteiger charge is 2.03. The molecule has 0 aromatic carbocycles. The zero-order valence-electron chi connectivity index (χ0n) is 5.62. The first-order valence-corrected chi connectivity index (χ1v) is 3.43. The monoisotopic (exact) mass is 132 g/mol. The van der Waals surface area contributed by atoms with Crippen molar-refractivity contribution in [1.82, 2.24) is 4.98 Å². The SMILES string of the molecule is C1=Nc2ncccc2CC1. The largest absolute Gasteiger partial charge is 0.241 e. The lowest BCUT2D eigenvalue weighted by atomic mass is 10.1. The Morgan fingerprint density at radius 3 is 3.30 bits per heavy atom. The van der Waals surface area contributed by atoms with E-state index in [-0.39, 0.29) is 0 Å². The van der Waals surface area contributed by atoms with E-state index in [4.69, 9.17) is 0 Å². The summed E-state index contributed by atoms with van der Waals surface area (Å²) in [6.07, 6.45) is 5.85. The summed E-state index contributed by atoms with van der Waals surface area (Å²) >= 11 is 0. The van der Waals surface area contributed by atoms with E-state index in [0.717, 1.165) is 18.7 Å². The van der Waals surface area contributed by atoms with Crippen LogP contribution in [0.4, 0.5) is 5.82 Å². The summed E-state index contributed by atoms with van der Waals surface area (Å²) in [6, 6.07) is 4.04. The van der Waals surface area contributed by atoms with E-state index in [1.807, 2.05) is 12.3 Å². The Morgan fingerprint density at radius 2 is 2.40 bits per heavy atom. The van der Waals surface area contributed by atoms with Crippen molar-refractivity contribution in [3.05, 3.63) is 23.9 Å². The van der Waals surface area contributed by atoms with E-state index in [1.165, 1.54) is 5.56 Å². The van der Waals surface area contributed by atoms with Crippen LogP contribution in [-0.4, -0.2) is 11.2 Å². The van der Waals surface area contributed by atoms with E-state index in [1.54, 1.807) is 6.20 Å². The maximum atomic E-state index is 4.16. The van der Waals surface area contributed by atoms with Crippen molar-refractivity contribution in [1.29, 1.82) is 0 Å². The smallest absolute Gasteiger partial charge is 0.154 e. The van der Waals surface area contributed by atoms with Crippen molar-refractivity contribution in [2.45, 2.75) is 12.8 Å². The molecule has 0 amide bonds. The van der Waals surface area contributed by atoms with Gasteiger partial charge in [-0.3, -0.25) is 0 Å². The zero-order chi connectivity index (χ0) is 6.81. The van der Waals surface area contributed by atoms with E-state index in [0.29, 0.717) is 0 Å². The van der Waals surface area contributed by atoms with Crippen LogP contribution in [0.3, 0.4) is 0 Å². The van der Waals surface area contributed by atoms with Gasteiger partial charge in [-0.1, -0.05) is 6.07 Å². The molecular formula is C8H8N2. The minimum Gasteiger partial charge on any atom is -0.241 e. The molecule has 0 bridgehead atoms. The third-order valence-corrected chi connectivity index (χ3v) is 1.62. The van der Waals surface area contributed by atoms with Gasteiger partial charge >= 0.3 is 0 Å². The fourth-order valence-electron chi connectivity index (χ4n) is 1.11. The highest BCUT2D eigenvalue weighted by Crippen LogP contribution is 2.19. The van der Waals surface area contributed by atoms with E-state index in [9.17, 15) is 0 Å². The van der Waals surface area contributed by atoms with Gasteiger partial charge in [0.05, 0.1) is 0 Å².